The zero-order valence-corrected chi connectivity index (χ0v) is 22.0. The van der Waals surface area contributed by atoms with Gasteiger partial charge in [0.05, 0.1) is 7.11 Å². The number of aliphatic hydroxyl groups is 1. The average Bonchev–Trinajstić information content (AvgIpc) is 3.34. The van der Waals surface area contributed by atoms with Crippen LogP contribution in [0.3, 0.4) is 0 Å². The molecule has 5 rings (SSSR count). The first-order valence-electron chi connectivity index (χ1n) is 12.9. The number of fused-ring (bicyclic) bond motifs is 2. The molecule has 0 aliphatic carbocycles. The number of carbonyl (C=O) groups is 1. The van der Waals surface area contributed by atoms with Crippen molar-refractivity contribution in [3.63, 3.8) is 0 Å². The highest BCUT2D eigenvalue weighted by atomic mass is 19.1. The van der Waals surface area contributed by atoms with Crippen LogP contribution < -0.4 is 39.1 Å². The zero-order valence-electron chi connectivity index (χ0n) is 22.0. The number of benzene rings is 3. The third kappa shape index (κ3) is 6.85. The lowest BCUT2D eigenvalue weighted by Gasteiger charge is -2.27. The fraction of sp³-hybridized carbons (Fsp3) is 0.345. The molecule has 3 aromatic carbocycles. The van der Waals surface area contributed by atoms with Gasteiger partial charge in [0, 0.05) is 37.3 Å². The van der Waals surface area contributed by atoms with Gasteiger partial charge in [-0.15, -0.1) is 0 Å². The Hall–Kier alpha value is -4.22. The van der Waals surface area contributed by atoms with Gasteiger partial charge < -0.3 is 44.2 Å². The predicted octanol–water partition coefficient (Wildman–Crippen LogP) is 2.70. The Balaban J connectivity index is 0.990. The molecule has 0 spiro atoms. The number of hydrogen-bond donors (Lipinski definition) is 3. The minimum atomic E-state index is -0.731. The third-order valence-electron chi connectivity index (χ3n) is 6.33. The fourth-order valence-electron chi connectivity index (χ4n) is 4.23. The van der Waals surface area contributed by atoms with Gasteiger partial charge in [0.2, 0.25) is 0 Å². The normalized spacial score (nSPS) is 16.1. The Kier molecular flexibility index (Phi) is 8.72. The molecule has 1 amide bonds. The molecule has 40 heavy (non-hydrogen) atoms. The molecule has 212 valence electrons. The number of rotatable bonds is 13. The second-order valence-electron chi connectivity index (χ2n) is 9.29. The number of amides is 1. The van der Waals surface area contributed by atoms with Crippen molar-refractivity contribution in [2.75, 3.05) is 46.6 Å². The number of halogens is 1. The van der Waals surface area contributed by atoms with Crippen molar-refractivity contribution in [2.24, 2.45) is 0 Å². The van der Waals surface area contributed by atoms with E-state index in [2.05, 4.69) is 10.6 Å². The van der Waals surface area contributed by atoms with Crippen molar-refractivity contribution in [1.29, 1.82) is 0 Å². The van der Waals surface area contributed by atoms with Crippen LogP contribution in [0.1, 0.15) is 15.9 Å². The highest BCUT2D eigenvalue weighted by Crippen LogP contribution is 2.35. The number of methoxy groups -OCH3 is 1. The van der Waals surface area contributed by atoms with Gasteiger partial charge >= 0.3 is 0 Å². The van der Waals surface area contributed by atoms with Gasteiger partial charge in [-0.1, -0.05) is 0 Å². The molecule has 10 nitrogen and oxygen atoms in total. The maximum Gasteiger partial charge on any atom is 0.251 e. The molecule has 2 atom stereocenters. The first kappa shape index (κ1) is 27.4. The van der Waals surface area contributed by atoms with E-state index in [9.17, 15) is 14.3 Å². The molecule has 3 aromatic rings. The zero-order chi connectivity index (χ0) is 27.9. The predicted molar refractivity (Wildman–Crippen MR) is 142 cm³/mol. The number of carbonyl (C=O) groups excluding carboxylic acids is 1. The van der Waals surface area contributed by atoms with Crippen LogP contribution in [-0.4, -0.2) is 69.8 Å². The Bertz CT molecular complexity index is 1340. The van der Waals surface area contributed by atoms with E-state index in [0.29, 0.717) is 60.6 Å². The lowest BCUT2D eigenvalue weighted by molar-refractivity contribution is 0.0517. The molecule has 0 saturated heterocycles. The molecule has 0 aromatic heterocycles. The quantitative estimate of drug-likeness (QED) is 0.274. The number of aliphatic hydroxyl groups excluding tert-OH is 1. The molecule has 0 fully saturated rings. The first-order valence-corrected chi connectivity index (χ1v) is 12.9. The summed E-state index contributed by atoms with van der Waals surface area (Å²) in [5.41, 5.74) is 1.61. The number of ether oxygens (including phenoxy) is 6. The summed E-state index contributed by atoms with van der Waals surface area (Å²) >= 11 is 0. The molecule has 2 aliphatic rings. The molecular weight excluding hydrogens is 523 g/mol. The van der Waals surface area contributed by atoms with Crippen molar-refractivity contribution in [3.05, 3.63) is 71.5 Å². The first-order chi connectivity index (χ1) is 19.5. The van der Waals surface area contributed by atoms with Crippen molar-refractivity contribution < 1.29 is 42.7 Å². The van der Waals surface area contributed by atoms with E-state index in [1.807, 2.05) is 6.07 Å². The minimum Gasteiger partial charge on any atom is -0.497 e. The van der Waals surface area contributed by atoms with Crippen LogP contribution in [-0.2, 0) is 6.54 Å². The Morgan fingerprint density at radius 3 is 2.73 bits per heavy atom. The van der Waals surface area contributed by atoms with Crippen LogP contribution in [0.2, 0.25) is 0 Å². The molecule has 2 heterocycles. The molecule has 0 unspecified atom stereocenters. The van der Waals surface area contributed by atoms with Gasteiger partial charge in [0.1, 0.15) is 49.8 Å². The maximum atomic E-state index is 14.1. The summed E-state index contributed by atoms with van der Waals surface area (Å²) in [6, 6.07) is 14.9. The van der Waals surface area contributed by atoms with E-state index in [-0.39, 0.29) is 31.5 Å². The molecule has 0 saturated carbocycles. The van der Waals surface area contributed by atoms with Crippen molar-refractivity contribution in [3.8, 4) is 34.5 Å². The van der Waals surface area contributed by atoms with Gasteiger partial charge in [-0.25, -0.2) is 4.39 Å². The summed E-state index contributed by atoms with van der Waals surface area (Å²) in [6.07, 6.45) is -1.15. The van der Waals surface area contributed by atoms with E-state index in [0.717, 1.165) is 5.56 Å². The molecule has 11 heteroatoms. The van der Waals surface area contributed by atoms with Gasteiger partial charge in [-0.2, -0.15) is 0 Å². The summed E-state index contributed by atoms with van der Waals surface area (Å²) in [6.45, 7) is 2.21. The SMILES string of the molecule is COc1ccc(OC[C@@H]2COc3cc(OC[C@@H](O)CNCCOc4ccc5c(c4)CNC5=O)ccc3O2)c(F)c1. The van der Waals surface area contributed by atoms with Gasteiger partial charge in [-0.05, 0) is 48.0 Å². The van der Waals surface area contributed by atoms with E-state index >= 15 is 0 Å². The Morgan fingerprint density at radius 2 is 1.88 bits per heavy atom. The number of nitrogens with one attached hydrogen (secondary N) is 2. The van der Waals surface area contributed by atoms with Crippen molar-refractivity contribution in [1.82, 2.24) is 10.6 Å². The van der Waals surface area contributed by atoms with E-state index in [1.165, 1.54) is 19.2 Å². The van der Waals surface area contributed by atoms with Crippen LogP contribution in [0, 0.1) is 5.82 Å². The fourth-order valence-corrected chi connectivity index (χ4v) is 4.23. The van der Waals surface area contributed by atoms with Crippen molar-refractivity contribution >= 4 is 5.91 Å². The number of hydrogen-bond acceptors (Lipinski definition) is 9. The lowest BCUT2D eigenvalue weighted by atomic mass is 10.1. The van der Waals surface area contributed by atoms with Crippen LogP contribution in [0.5, 0.6) is 34.5 Å². The minimum absolute atomic E-state index is 0.0603. The Labute approximate surface area is 230 Å². The Morgan fingerprint density at radius 1 is 1.05 bits per heavy atom. The van der Waals surface area contributed by atoms with Gasteiger partial charge in [0.25, 0.3) is 5.91 Å². The van der Waals surface area contributed by atoms with E-state index < -0.39 is 18.0 Å². The molecule has 2 aliphatic heterocycles. The van der Waals surface area contributed by atoms with Gasteiger partial charge in [0.15, 0.2) is 29.2 Å². The summed E-state index contributed by atoms with van der Waals surface area (Å²) in [7, 11) is 1.47. The summed E-state index contributed by atoms with van der Waals surface area (Å²) in [5.74, 6) is 2.21. The smallest absolute Gasteiger partial charge is 0.251 e. The molecule has 0 radical (unpaired) electrons. The van der Waals surface area contributed by atoms with E-state index in [1.54, 1.807) is 36.4 Å². The van der Waals surface area contributed by atoms with Gasteiger partial charge in [-0.3, -0.25) is 4.79 Å². The second-order valence-corrected chi connectivity index (χ2v) is 9.29. The topological polar surface area (TPSA) is 117 Å². The van der Waals surface area contributed by atoms with Crippen LogP contribution >= 0.6 is 0 Å². The summed E-state index contributed by atoms with van der Waals surface area (Å²) in [4.78, 5) is 11.6. The highest BCUT2D eigenvalue weighted by molar-refractivity contribution is 5.98. The highest BCUT2D eigenvalue weighted by Gasteiger charge is 2.23. The van der Waals surface area contributed by atoms with Crippen LogP contribution in [0.4, 0.5) is 4.39 Å². The molecule has 0 bridgehead atoms. The summed E-state index contributed by atoms with van der Waals surface area (Å²) < 4.78 is 47.8. The van der Waals surface area contributed by atoms with Crippen LogP contribution in [0.25, 0.3) is 0 Å². The third-order valence-corrected chi connectivity index (χ3v) is 6.33. The standard InChI is InChI=1S/C29H31FN2O8/c1-35-20-3-6-26(25(30)11-20)38-16-23-17-39-28-12-22(4-7-27(28)40-23)37-15-19(33)14-31-8-9-36-21-2-5-24-18(10-21)13-32-29(24)34/h2-7,10-12,19,23,31,33H,8-9,13-17H2,1H3,(H,32,34)/t19-,23+/m0/s1. The monoisotopic (exact) mass is 554 g/mol. The van der Waals surface area contributed by atoms with Crippen molar-refractivity contribution in [2.45, 2.75) is 18.8 Å². The molecule has 3 N–H and O–H groups in total. The maximum absolute atomic E-state index is 14.1. The second kappa shape index (κ2) is 12.8. The summed E-state index contributed by atoms with van der Waals surface area (Å²) in [5, 5.41) is 16.2. The molecular formula is C29H31FN2O8. The largest absolute Gasteiger partial charge is 0.497 e. The average molecular weight is 555 g/mol. The van der Waals surface area contributed by atoms with E-state index in [4.69, 9.17) is 28.4 Å². The lowest BCUT2D eigenvalue weighted by Crippen LogP contribution is -2.34. The van der Waals surface area contributed by atoms with Crippen LogP contribution in [0.15, 0.2) is 54.6 Å².